The number of likely N-dealkylation sites (N-methyl/N-ethyl adjacent to an activating group) is 1. The van der Waals surface area contributed by atoms with Gasteiger partial charge in [0.05, 0.1) is 13.2 Å². The van der Waals surface area contributed by atoms with Gasteiger partial charge < -0.3 is 20.3 Å². The number of benzene rings is 1. The Morgan fingerprint density at radius 2 is 2.29 bits per heavy atom. The van der Waals surface area contributed by atoms with Gasteiger partial charge in [0.2, 0.25) is 5.91 Å². The fraction of sp³-hybridized carbons (Fsp3) is 0.562. The van der Waals surface area contributed by atoms with E-state index in [1.807, 2.05) is 12.1 Å². The van der Waals surface area contributed by atoms with Crippen LogP contribution in [0.3, 0.4) is 0 Å². The van der Waals surface area contributed by atoms with Gasteiger partial charge in [-0.3, -0.25) is 4.79 Å². The molecule has 1 aromatic carbocycles. The second-order valence-corrected chi connectivity index (χ2v) is 5.24. The van der Waals surface area contributed by atoms with Gasteiger partial charge in [-0.05, 0) is 25.5 Å². The van der Waals surface area contributed by atoms with Crippen LogP contribution in [0.2, 0.25) is 0 Å². The van der Waals surface area contributed by atoms with Crippen LogP contribution in [0.25, 0.3) is 0 Å². The van der Waals surface area contributed by atoms with Crippen LogP contribution < -0.4 is 15.5 Å². The third-order valence-corrected chi connectivity index (χ3v) is 3.76. The topological polar surface area (TPSA) is 53.6 Å². The van der Waals surface area contributed by atoms with E-state index in [4.69, 9.17) is 4.74 Å². The molecule has 1 aliphatic rings. The maximum atomic E-state index is 12.0. The maximum Gasteiger partial charge on any atom is 0.239 e. The largest absolute Gasteiger partial charge is 0.378 e. The number of amides is 1. The molecule has 0 spiro atoms. The number of aryl methyl sites for hydroxylation is 1. The summed E-state index contributed by atoms with van der Waals surface area (Å²) in [5.74, 6) is 0.0236. The first-order chi connectivity index (χ1) is 10.2. The van der Waals surface area contributed by atoms with Gasteiger partial charge in [0, 0.05) is 31.9 Å². The molecule has 1 amide bonds. The Morgan fingerprint density at radius 3 is 2.95 bits per heavy atom. The Labute approximate surface area is 126 Å². The molecule has 1 atom stereocenters. The van der Waals surface area contributed by atoms with Crippen molar-refractivity contribution in [3.8, 4) is 0 Å². The van der Waals surface area contributed by atoms with Crippen molar-refractivity contribution in [3.05, 3.63) is 29.8 Å². The summed E-state index contributed by atoms with van der Waals surface area (Å²) in [5.41, 5.74) is 2.49. The Kier molecular flexibility index (Phi) is 6.02. The van der Waals surface area contributed by atoms with Crippen molar-refractivity contribution in [2.75, 3.05) is 44.3 Å². The average Bonchev–Trinajstić information content (AvgIpc) is 2.53. The van der Waals surface area contributed by atoms with Crippen molar-refractivity contribution < 1.29 is 9.53 Å². The monoisotopic (exact) mass is 291 g/mol. The van der Waals surface area contributed by atoms with Crippen LogP contribution in [0.1, 0.15) is 12.5 Å². The second-order valence-electron chi connectivity index (χ2n) is 5.24. The number of anilines is 1. The summed E-state index contributed by atoms with van der Waals surface area (Å²) in [6, 6.07) is 8.11. The molecule has 2 N–H and O–H groups in total. The minimum Gasteiger partial charge on any atom is -0.378 e. The van der Waals surface area contributed by atoms with Gasteiger partial charge in [-0.2, -0.15) is 0 Å². The summed E-state index contributed by atoms with van der Waals surface area (Å²) < 4.78 is 5.30. The van der Waals surface area contributed by atoms with Crippen LogP contribution in [-0.2, 0) is 9.53 Å². The highest BCUT2D eigenvalue weighted by Crippen LogP contribution is 2.18. The molecule has 2 rings (SSSR count). The average molecular weight is 291 g/mol. The number of ether oxygens (including phenoxy) is 1. The van der Waals surface area contributed by atoms with E-state index in [2.05, 4.69) is 41.5 Å². The second kappa shape index (κ2) is 8.00. The highest BCUT2D eigenvalue weighted by atomic mass is 16.5. The van der Waals surface area contributed by atoms with Crippen molar-refractivity contribution >= 4 is 11.6 Å². The van der Waals surface area contributed by atoms with E-state index in [1.54, 1.807) is 0 Å². The van der Waals surface area contributed by atoms with Crippen LogP contribution >= 0.6 is 0 Å². The molecule has 116 valence electrons. The molecule has 0 aromatic heterocycles. The molecule has 0 radical (unpaired) electrons. The number of morpholine rings is 1. The molecule has 0 saturated carbocycles. The molecule has 0 bridgehead atoms. The molecule has 0 aliphatic carbocycles. The maximum absolute atomic E-state index is 12.0. The van der Waals surface area contributed by atoms with Gasteiger partial charge in [0.1, 0.15) is 6.04 Å². The third-order valence-electron chi connectivity index (χ3n) is 3.76. The van der Waals surface area contributed by atoms with Crippen molar-refractivity contribution in [2.24, 2.45) is 0 Å². The van der Waals surface area contributed by atoms with E-state index in [9.17, 15) is 4.79 Å². The third kappa shape index (κ3) is 4.44. The smallest absolute Gasteiger partial charge is 0.239 e. The predicted molar refractivity (Wildman–Crippen MR) is 84.7 cm³/mol. The standard InChI is InChI=1S/C16H25N3O2/c1-3-19(15-7-5-4-6-13(15)2)10-8-18-16(20)14-12-21-11-9-17-14/h4-7,14,17H,3,8-12H2,1-2H3,(H,18,20). The Morgan fingerprint density at radius 1 is 1.48 bits per heavy atom. The summed E-state index contributed by atoms with van der Waals surface area (Å²) in [6.45, 7) is 8.49. The van der Waals surface area contributed by atoms with E-state index in [0.29, 0.717) is 19.8 Å². The van der Waals surface area contributed by atoms with E-state index in [0.717, 1.165) is 19.6 Å². The number of hydrogen-bond acceptors (Lipinski definition) is 4. The molecule has 1 saturated heterocycles. The zero-order chi connectivity index (χ0) is 15.1. The molecule has 5 nitrogen and oxygen atoms in total. The summed E-state index contributed by atoms with van der Waals surface area (Å²) in [4.78, 5) is 14.3. The normalized spacial score (nSPS) is 18.3. The minimum absolute atomic E-state index is 0.0236. The molecule has 1 aromatic rings. The molecule has 5 heteroatoms. The number of rotatable bonds is 6. The van der Waals surface area contributed by atoms with Gasteiger partial charge in [-0.25, -0.2) is 0 Å². The molecule has 21 heavy (non-hydrogen) atoms. The first-order valence-corrected chi connectivity index (χ1v) is 7.61. The summed E-state index contributed by atoms with van der Waals surface area (Å²) in [7, 11) is 0. The Bertz CT molecular complexity index is 459. The minimum atomic E-state index is -0.215. The molecular weight excluding hydrogens is 266 g/mol. The molecule has 1 fully saturated rings. The zero-order valence-corrected chi connectivity index (χ0v) is 12.9. The lowest BCUT2D eigenvalue weighted by atomic mass is 10.2. The van der Waals surface area contributed by atoms with Gasteiger partial charge in [-0.15, -0.1) is 0 Å². The van der Waals surface area contributed by atoms with Crippen LogP contribution in [0.4, 0.5) is 5.69 Å². The van der Waals surface area contributed by atoms with Crippen LogP contribution in [-0.4, -0.2) is 51.3 Å². The van der Waals surface area contributed by atoms with E-state index in [-0.39, 0.29) is 11.9 Å². The Balaban J connectivity index is 1.81. The lowest BCUT2D eigenvalue weighted by Crippen LogP contribution is -2.52. The van der Waals surface area contributed by atoms with Crippen molar-refractivity contribution in [1.82, 2.24) is 10.6 Å². The van der Waals surface area contributed by atoms with Gasteiger partial charge >= 0.3 is 0 Å². The van der Waals surface area contributed by atoms with Gasteiger partial charge in [0.15, 0.2) is 0 Å². The number of carbonyl (C=O) groups is 1. The highest BCUT2D eigenvalue weighted by Gasteiger charge is 2.20. The highest BCUT2D eigenvalue weighted by molar-refractivity contribution is 5.82. The molecule has 1 aliphatic heterocycles. The lowest BCUT2D eigenvalue weighted by molar-refractivity contribution is -0.125. The number of nitrogens with one attached hydrogen (secondary N) is 2. The summed E-state index contributed by atoms with van der Waals surface area (Å²) in [6.07, 6.45) is 0. The van der Waals surface area contributed by atoms with E-state index in [1.165, 1.54) is 11.3 Å². The number of hydrogen-bond donors (Lipinski definition) is 2. The van der Waals surface area contributed by atoms with Crippen LogP contribution in [0, 0.1) is 6.92 Å². The lowest BCUT2D eigenvalue weighted by Gasteiger charge is -2.26. The van der Waals surface area contributed by atoms with Crippen LogP contribution in [0.5, 0.6) is 0 Å². The molecule has 1 unspecified atom stereocenters. The summed E-state index contributed by atoms with van der Waals surface area (Å²) >= 11 is 0. The quantitative estimate of drug-likeness (QED) is 0.818. The molecular formula is C16H25N3O2. The van der Waals surface area contributed by atoms with E-state index < -0.39 is 0 Å². The zero-order valence-electron chi connectivity index (χ0n) is 12.9. The van der Waals surface area contributed by atoms with Gasteiger partial charge in [0.25, 0.3) is 0 Å². The predicted octanol–water partition coefficient (Wildman–Crippen LogP) is 0.926. The fourth-order valence-corrected chi connectivity index (χ4v) is 2.54. The number of para-hydroxylation sites is 1. The summed E-state index contributed by atoms with van der Waals surface area (Å²) in [5, 5.41) is 6.14. The molecule has 1 heterocycles. The first kappa shape index (κ1) is 15.8. The Hall–Kier alpha value is -1.59. The van der Waals surface area contributed by atoms with Crippen molar-refractivity contribution in [2.45, 2.75) is 19.9 Å². The van der Waals surface area contributed by atoms with E-state index >= 15 is 0 Å². The fourth-order valence-electron chi connectivity index (χ4n) is 2.54. The van der Waals surface area contributed by atoms with Crippen molar-refractivity contribution in [3.63, 3.8) is 0 Å². The SMILES string of the molecule is CCN(CCNC(=O)C1COCCN1)c1ccccc1C. The first-order valence-electron chi connectivity index (χ1n) is 7.61. The van der Waals surface area contributed by atoms with Crippen molar-refractivity contribution in [1.29, 1.82) is 0 Å². The van der Waals surface area contributed by atoms with Crippen LogP contribution in [0.15, 0.2) is 24.3 Å². The van der Waals surface area contributed by atoms with Gasteiger partial charge in [-0.1, -0.05) is 18.2 Å². The number of nitrogens with zero attached hydrogens (tertiary/aromatic N) is 1. The number of carbonyl (C=O) groups excluding carboxylic acids is 1.